The lowest BCUT2D eigenvalue weighted by Gasteiger charge is -2.23. The van der Waals surface area contributed by atoms with Crippen LogP contribution in [0.5, 0.6) is 11.5 Å². The van der Waals surface area contributed by atoms with Gasteiger partial charge in [0.1, 0.15) is 0 Å². The molecule has 5 nitrogen and oxygen atoms in total. The minimum Gasteiger partial charge on any atom is -0.454 e. The SMILES string of the molecule is CCCc1ccc(Nc2ccc3c(c2)OCO3)cc1C(=O)N[C@H](CC(C)C)c1cc(C)cc(C)c1. The number of nitrogens with one attached hydrogen (secondary N) is 2. The Balaban J connectivity index is 1.61. The van der Waals surface area contributed by atoms with Gasteiger partial charge in [-0.05, 0) is 68.0 Å². The second-order valence-electron chi connectivity index (χ2n) is 9.89. The fourth-order valence-electron chi connectivity index (χ4n) is 4.69. The van der Waals surface area contributed by atoms with Crippen molar-refractivity contribution in [3.05, 3.63) is 82.4 Å². The molecule has 1 aliphatic rings. The van der Waals surface area contributed by atoms with E-state index in [2.05, 4.69) is 69.5 Å². The van der Waals surface area contributed by atoms with E-state index >= 15 is 0 Å². The van der Waals surface area contributed by atoms with Crippen LogP contribution in [-0.2, 0) is 6.42 Å². The van der Waals surface area contributed by atoms with Crippen molar-refractivity contribution in [2.24, 2.45) is 5.92 Å². The number of benzene rings is 3. The molecule has 2 N–H and O–H groups in total. The van der Waals surface area contributed by atoms with Crippen LogP contribution < -0.4 is 20.1 Å². The van der Waals surface area contributed by atoms with Crippen molar-refractivity contribution < 1.29 is 14.3 Å². The highest BCUT2D eigenvalue weighted by atomic mass is 16.7. The molecule has 0 fully saturated rings. The van der Waals surface area contributed by atoms with Gasteiger partial charge in [0, 0.05) is 23.0 Å². The Morgan fingerprint density at radius 1 is 0.914 bits per heavy atom. The highest BCUT2D eigenvalue weighted by Gasteiger charge is 2.20. The number of fused-ring (bicyclic) bond motifs is 1. The van der Waals surface area contributed by atoms with Gasteiger partial charge in [0.25, 0.3) is 5.91 Å². The quantitative estimate of drug-likeness (QED) is 0.344. The van der Waals surface area contributed by atoms with Crippen LogP contribution in [0, 0.1) is 19.8 Å². The zero-order valence-corrected chi connectivity index (χ0v) is 21.4. The Hall–Kier alpha value is -3.47. The Morgan fingerprint density at radius 3 is 2.31 bits per heavy atom. The monoisotopic (exact) mass is 472 g/mol. The number of carbonyl (C=O) groups is 1. The van der Waals surface area contributed by atoms with Gasteiger partial charge in [-0.25, -0.2) is 0 Å². The van der Waals surface area contributed by atoms with Crippen LogP contribution in [0.1, 0.15) is 72.3 Å². The molecule has 184 valence electrons. The van der Waals surface area contributed by atoms with E-state index in [4.69, 9.17) is 9.47 Å². The molecular weight excluding hydrogens is 436 g/mol. The summed E-state index contributed by atoms with van der Waals surface area (Å²) in [5, 5.41) is 6.77. The first kappa shape index (κ1) is 24.6. The third-order valence-electron chi connectivity index (χ3n) is 6.19. The number of aryl methyl sites for hydroxylation is 3. The lowest BCUT2D eigenvalue weighted by Crippen LogP contribution is -2.30. The van der Waals surface area contributed by atoms with Crippen LogP contribution in [0.2, 0.25) is 0 Å². The Morgan fingerprint density at radius 2 is 1.60 bits per heavy atom. The summed E-state index contributed by atoms with van der Waals surface area (Å²) in [6.45, 7) is 11.0. The van der Waals surface area contributed by atoms with E-state index in [9.17, 15) is 4.79 Å². The van der Waals surface area contributed by atoms with E-state index < -0.39 is 0 Å². The zero-order valence-electron chi connectivity index (χ0n) is 21.4. The molecule has 3 aromatic rings. The molecule has 0 saturated heterocycles. The summed E-state index contributed by atoms with van der Waals surface area (Å²) in [6, 6.07) is 18.3. The molecule has 0 saturated carbocycles. The van der Waals surface area contributed by atoms with Crippen LogP contribution in [0.25, 0.3) is 0 Å². The first-order valence-electron chi connectivity index (χ1n) is 12.5. The van der Waals surface area contributed by atoms with Gasteiger partial charge in [0.15, 0.2) is 11.5 Å². The summed E-state index contributed by atoms with van der Waals surface area (Å²) in [7, 11) is 0. The van der Waals surface area contributed by atoms with Crippen molar-refractivity contribution in [2.75, 3.05) is 12.1 Å². The highest BCUT2D eigenvalue weighted by molar-refractivity contribution is 5.97. The first-order valence-corrected chi connectivity index (χ1v) is 12.5. The van der Waals surface area contributed by atoms with Gasteiger partial charge in [-0.15, -0.1) is 0 Å². The minimum absolute atomic E-state index is 0.0346. The van der Waals surface area contributed by atoms with Crippen molar-refractivity contribution in [3.63, 3.8) is 0 Å². The number of anilines is 2. The molecule has 3 aromatic carbocycles. The fourth-order valence-corrected chi connectivity index (χ4v) is 4.69. The van der Waals surface area contributed by atoms with Crippen LogP contribution in [0.15, 0.2) is 54.6 Å². The molecule has 1 amide bonds. The predicted octanol–water partition coefficient (Wildman–Crippen LogP) is 7.25. The molecule has 0 aromatic heterocycles. The van der Waals surface area contributed by atoms with Gasteiger partial charge < -0.3 is 20.1 Å². The number of hydrogen-bond donors (Lipinski definition) is 2. The third-order valence-corrected chi connectivity index (χ3v) is 6.19. The summed E-state index contributed by atoms with van der Waals surface area (Å²) >= 11 is 0. The van der Waals surface area contributed by atoms with Crippen molar-refractivity contribution in [2.45, 2.75) is 59.9 Å². The third kappa shape index (κ3) is 6.16. The summed E-state index contributed by atoms with van der Waals surface area (Å²) < 4.78 is 10.9. The van der Waals surface area contributed by atoms with Crippen LogP contribution in [-0.4, -0.2) is 12.7 Å². The average molecular weight is 473 g/mol. The fraction of sp³-hybridized carbons (Fsp3) is 0.367. The van der Waals surface area contributed by atoms with Crippen LogP contribution in [0.3, 0.4) is 0 Å². The van der Waals surface area contributed by atoms with Gasteiger partial charge in [-0.1, -0.05) is 62.6 Å². The number of carbonyl (C=O) groups excluding carboxylic acids is 1. The Labute approximate surface area is 208 Å². The number of amides is 1. The van der Waals surface area contributed by atoms with Gasteiger partial charge in [0.2, 0.25) is 6.79 Å². The number of hydrogen-bond acceptors (Lipinski definition) is 4. The molecule has 1 atom stereocenters. The number of ether oxygens (including phenoxy) is 2. The van der Waals surface area contributed by atoms with Gasteiger partial charge in [0.05, 0.1) is 6.04 Å². The van der Waals surface area contributed by atoms with Crippen molar-refractivity contribution in [1.29, 1.82) is 0 Å². The zero-order chi connectivity index (χ0) is 24.9. The molecule has 1 aliphatic heterocycles. The molecule has 0 radical (unpaired) electrons. The largest absolute Gasteiger partial charge is 0.454 e. The predicted molar refractivity (Wildman–Crippen MR) is 142 cm³/mol. The van der Waals surface area contributed by atoms with E-state index in [1.54, 1.807) is 0 Å². The molecule has 0 aliphatic carbocycles. The summed E-state index contributed by atoms with van der Waals surface area (Å²) in [4.78, 5) is 13.7. The van der Waals surface area contributed by atoms with E-state index in [1.807, 2.05) is 30.3 Å². The first-order chi connectivity index (χ1) is 16.8. The van der Waals surface area contributed by atoms with Gasteiger partial charge >= 0.3 is 0 Å². The van der Waals surface area contributed by atoms with Crippen molar-refractivity contribution in [1.82, 2.24) is 5.32 Å². The molecular formula is C30H36N2O3. The van der Waals surface area contributed by atoms with E-state index in [0.717, 1.165) is 58.8 Å². The summed E-state index contributed by atoms with van der Waals surface area (Å²) in [5.74, 6) is 1.89. The van der Waals surface area contributed by atoms with Gasteiger partial charge in [-0.3, -0.25) is 4.79 Å². The van der Waals surface area contributed by atoms with Crippen LogP contribution >= 0.6 is 0 Å². The maximum atomic E-state index is 13.7. The molecule has 0 unspecified atom stereocenters. The Kier molecular flexibility index (Phi) is 7.64. The van der Waals surface area contributed by atoms with E-state index in [1.165, 1.54) is 11.1 Å². The standard InChI is InChI=1S/C30H36N2O3/c1-6-7-22-8-9-24(31-25-10-11-28-29(17-25)35-18-34-28)16-26(22)30(33)32-27(12-19(2)3)23-14-20(4)13-21(5)15-23/h8-11,13-17,19,27,31H,6-7,12,18H2,1-5H3,(H,32,33)/t27-/m1/s1. The molecule has 4 rings (SSSR count). The summed E-state index contributed by atoms with van der Waals surface area (Å²) in [5.41, 5.74) is 7.11. The maximum absolute atomic E-state index is 13.7. The van der Waals surface area contributed by atoms with Crippen LogP contribution in [0.4, 0.5) is 11.4 Å². The van der Waals surface area contributed by atoms with Gasteiger partial charge in [-0.2, -0.15) is 0 Å². The number of rotatable bonds is 9. The average Bonchev–Trinajstić information content (AvgIpc) is 3.27. The minimum atomic E-state index is -0.0407. The van der Waals surface area contributed by atoms with Crippen molar-refractivity contribution in [3.8, 4) is 11.5 Å². The van der Waals surface area contributed by atoms with E-state index in [0.29, 0.717) is 5.92 Å². The normalized spacial score (nSPS) is 13.1. The molecule has 0 bridgehead atoms. The smallest absolute Gasteiger partial charge is 0.252 e. The summed E-state index contributed by atoms with van der Waals surface area (Å²) in [6.07, 6.45) is 2.71. The second-order valence-corrected chi connectivity index (χ2v) is 9.89. The Bertz CT molecular complexity index is 1180. The second kappa shape index (κ2) is 10.9. The van der Waals surface area contributed by atoms with Crippen molar-refractivity contribution >= 4 is 17.3 Å². The molecule has 35 heavy (non-hydrogen) atoms. The lowest BCUT2D eigenvalue weighted by atomic mass is 9.93. The molecule has 5 heteroatoms. The topological polar surface area (TPSA) is 59.6 Å². The molecule has 1 heterocycles. The molecule has 0 spiro atoms. The lowest BCUT2D eigenvalue weighted by molar-refractivity contribution is 0.0931. The van der Waals surface area contributed by atoms with E-state index in [-0.39, 0.29) is 18.7 Å². The highest BCUT2D eigenvalue weighted by Crippen LogP contribution is 2.35. The maximum Gasteiger partial charge on any atom is 0.252 e.